The molecular weight excluding hydrogens is 219 g/mol. The number of aliphatic hydroxyl groups excluding tert-OH is 1. The number of rotatable bonds is 10. The first-order valence-corrected chi connectivity index (χ1v) is 6.09. The van der Waals surface area contributed by atoms with Crippen molar-refractivity contribution in [2.24, 2.45) is 0 Å². The lowest BCUT2D eigenvalue weighted by molar-refractivity contribution is -0.146. The monoisotopic (exact) mass is 246 g/mol. The largest absolute Gasteiger partial charge is 0.479 e. The summed E-state index contributed by atoms with van der Waals surface area (Å²) in [5.74, 6) is -1.10. The van der Waals surface area contributed by atoms with Gasteiger partial charge in [0.1, 0.15) is 0 Å². The van der Waals surface area contributed by atoms with Crippen LogP contribution in [-0.2, 0) is 4.79 Å². The second-order valence-electron chi connectivity index (χ2n) is 4.12. The van der Waals surface area contributed by atoms with Crippen LogP contribution in [0.5, 0.6) is 0 Å². The van der Waals surface area contributed by atoms with Crippen LogP contribution in [0, 0.1) is 0 Å². The Morgan fingerprint density at radius 1 is 1.00 bits per heavy atom. The first kappa shape index (κ1) is 18.3. The average molecular weight is 246 g/mol. The molecule has 0 saturated carbocycles. The minimum Gasteiger partial charge on any atom is -0.479 e. The van der Waals surface area contributed by atoms with E-state index in [2.05, 4.69) is 6.92 Å². The van der Waals surface area contributed by atoms with Gasteiger partial charge in [-0.2, -0.15) is 0 Å². The fraction of sp³-hybridized carbons (Fsp3) is 0.917. The van der Waals surface area contributed by atoms with Crippen molar-refractivity contribution in [3.63, 3.8) is 0 Å². The van der Waals surface area contributed by atoms with Gasteiger partial charge in [0.15, 0.2) is 23.5 Å². The van der Waals surface area contributed by atoms with Crippen LogP contribution in [0.2, 0.25) is 0 Å². The number of carbonyl (C=O) groups is 1. The summed E-state index contributed by atoms with van der Waals surface area (Å²) >= 11 is 0. The van der Waals surface area contributed by atoms with Gasteiger partial charge in [-0.1, -0.05) is 58.3 Å². The lowest BCUT2D eigenvalue weighted by Gasteiger charge is -2.04. The zero-order valence-corrected chi connectivity index (χ0v) is 9.74. The Kier molecular flexibility index (Phi) is 14.9. The third-order valence-corrected chi connectivity index (χ3v) is 2.62. The first-order valence-electron chi connectivity index (χ1n) is 6.09. The van der Waals surface area contributed by atoms with E-state index in [0.717, 1.165) is 19.3 Å². The van der Waals surface area contributed by atoms with Gasteiger partial charge in [-0.15, -0.1) is 0 Å². The molecule has 0 heterocycles. The predicted molar refractivity (Wildman–Crippen MR) is 70.8 cm³/mol. The van der Waals surface area contributed by atoms with Gasteiger partial charge in [-0.05, 0) is 6.42 Å². The molecule has 0 bridgehead atoms. The molecule has 0 amide bonds. The SMILES string of the molecule is CCCCCCCCCCC(O)C(=O)O.[AlH3]. The fourth-order valence-electron chi connectivity index (χ4n) is 1.60. The van der Waals surface area contributed by atoms with Gasteiger partial charge in [-0.25, -0.2) is 4.79 Å². The van der Waals surface area contributed by atoms with Crippen molar-refractivity contribution in [3.8, 4) is 0 Å². The molecule has 4 heteroatoms. The molecule has 0 saturated heterocycles. The molecule has 1 atom stereocenters. The van der Waals surface area contributed by atoms with E-state index < -0.39 is 12.1 Å². The van der Waals surface area contributed by atoms with E-state index in [9.17, 15) is 4.79 Å². The quantitative estimate of drug-likeness (QED) is 0.456. The molecule has 1 unspecified atom stereocenters. The number of carboxylic acid groups (broad SMARTS) is 1. The Hall–Kier alpha value is -0.0375. The van der Waals surface area contributed by atoms with E-state index in [1.54, 1.807) is 0 Å². The molecule has 0 spiro atoms. The van der Waals surface area contributed by atoms with Crippen molar-refractivity contribution in [2.45, 2.75) is 70.8 Å². The molecule has 0 aliphatic rings. The van der Waals surface area contributed by atoms with Gasteiger partial charge in [0.2, 0.25) is 0 Å². The summed E-state index contributed by atoms with van der Waals surface area (Å²) in [5, 5.41) is 17.4. The highest BCUT2D eigenvalue weighted by Gasteiger charge is 2.11. The average Bonchev–Trinajstić information content (AvgIpc) is 2.21. The lowest BCUT2D eigenvalue weighted by atomic mass is 10.1. The Balaban J connectivity index is 0. The van der Waals surface area contributed by atoms with Crippen molar-refractivity contribution in [1.82, 2.24) is 0 Å². The normalized spacial score (nSPS) is 11.9. The zero-order valence-electron chi connectivity index (χ0n) is 9.74. The molecule has 0 aromatic carbocycles. The molecule has 3 nitrogen and oxygen atoms in total. The minimum absolute atomic E-state index is 0. The highest BCUT2D eigenvalue weighted by atomic mass is 27.0. The summed E-state index contributed by atoms with van der Waals surface area (Å²) in [6.45, 7) is 2.20. The van der Waals surface area contributed by atoms with Gasteiger partial charge in [0.25, 0.3) is 0 Å². The highest BCUT2D eigenvalue weighted by Crippen LogP contribution is 2.10. The fourth-order valence-corrected chi connectivity index (χ4v) is 1.60. The number of carboxylic acids is 1. The third-order valence-electron chi connectivity index (χ3n) is 2.62. The molecule has 0 fully saturated rings. The molecule has 16 heavy (non-hydrogen) atoms. The number of hydrogen-bond acceptors (Lipinski definition) is 2. The second kappa shape index (κ2) is 13.0. The third kappa shape index (κ3) is 12.0. The maximum atomic E-state index is 10.3. The standard InChI is InChI=1S/C12H24O3.Al.3H/c1-2-3-4-5-6-7-8-9-10-11(13)12(14)15;;;;/h11,13H,2-10H2,1H3,(H,14,15);;;;. The van der Waals surface area contributed by atoms with Crippen LogP contribution < -0.4 is 0 Å². The predicted octanol–water partition coefficient (Wildman–Crippen LogP) is 1.78. The van der Waals surface area contributed by atoms with E-state index in [0.29, 0.717) is 6.42 Å². The van der Waals surface area contributed by atoms with E-state index in [4.69, 9.17) is 10.2 Å². The number of hydrogen-bond donors (Lipinski definition) is 2. The van der Waals surface area contributed by atoms with Crippen LogP contribution >= 0.6 is 0 Å². The number of aliphatic carboxylic acids is 1. The molecule has 0 aliphatic carbocycles. The number of aliphatic hydroxyl groups is 1. The maximum absolute atomic E-state index is 10.3. The van der Waals surface area contributed by atoms with E-state index in [1.165, 1.54) is 32.1 Å². The zero-order chi connectivity index (χ0) is 11.5. The summed E-state index contributed by atoms with van der Waals surface area (Å²) in [7, 11) is 0. The Bertz CT molecular complexity index is 162. The molecule has 96 valence electrons. The Morgan fingerprint density at radius 3 is 1.88 bits per heavy atom. The van der Waals surface area contributed by atoms with E-state index in [1.807, 2.05) is 0 Å². The molecular formula is C12H27AlO3. The van der Waals surface area contributed by atoms with Gasteiger partial charge < -0.3 is 10.2 Å². The summed E-state index contributed by atoms with van der Waals surface area (Å²) < 4.78 is 0. The van der Waals surface area contributed by atoms with Gasteiger partial charge in [-0.3, -0.25) is 0 Å². The summed E-state index contributed by atoms with van der Waals surface area (Å²) in [4.78, 5) is 10.3. The van der Waals surface area contributed by atoms with Crippen LogP contribution in [0.4, 0.5) is 0 Å². The van der Waals surface area contributed by atoms with Crippen LogP contribution in [0.3, 0.4) is 0 Å². The van der Waals surface area contributed by atoms with Crippen LogP contribution in [-0.4, -0.2) is 39.6 Å². The number of unbranched alkanes of at least 4 members (excludes halogenated alkanes) is 7. The molecule has 2 N–H and O–H groups in total. The van der Waals surface area contributed by atoms with Crippen LogP contribution in [0.15, 0.2) is 0 Å². The molecule has 0 radical (unpaired) electrons. The minimum atomic E-state index is -1.16. The van der Waals surface area contributed by atoms with Gasteiger partial charge in [0, 0.05) is 0 Å². The molecule has 0 rings (SSSR count). The van der Waals surface area contributed by atoms with Crippen molar-refractivity contribution in [1.29, 1.82) is 0 Å². The topological polar surface area (TPSA) is 57.5 Å². The molecule has 0 aliphatic heterocycles. The van der Waals surface area contributed by atoms with E-state index in [-0.39, 0.29) is 17.4 Å². The Morgan fingerprint density at radius 2 is 1.44 bits per heavy atom. The van der Waals surface area contributed by atoms with Crippen LogP contribution in [0.1, 0.15) is 64.7 Å². The summed E-state index contributed by atoms with van der Waals surface area (Å²) in [6, 6.07) is 0. The lowest BCUT2D eigenvalue weighted by Crippen LogP contribution is -2.18. The molecule has 0 aromatic heterocycles. The molecule has 0 aromatic rings. The van der Waals surface area contributed by atoms with Gasteiger partial charge >= 0.3 is 5.97 Å². The van der Waals surface area contributed by atoms with Crippen molar-refractivity contribution in [2.75, 3.05) is 0 Å². The Labute approximate surface area is 109 Å². The second-order valence-corrected chi connectivity index (χ2v) is 4.12. The van der Waals surface area contributed by atoms with Crippen molar-refractivity contribution >= 4 is 23.3 Å². The summed E-state index contributed by atoms with van der Waals surface area (Å²) in [5.41, 5.74) is 0. The highest BCUT2D eigenvalue weighted by molar-refractivity contribution is 5.75. The maximum Gasteiger partial charge on any atom is 0.332 e. The summed E-state index contributed by atoms with van der Waals surface area (Å²) in [6.07, 6.45) is 8.68. The van der Waals surface area contributed by atoms with E-state index >= 15 is 0 Å². The van der Waals surface area contributed by atoms with Crippen molar-refractivity contribution < 1.29 is 15.0 Å². The van der Waals surface area contributed by atoms with Crippen LogP contribution in [0.25, 0.3) is 0 Å². The van der Waals surface area contributed by atoms with Gasteiger partial charge in [0.05, 0.1) is 0 Å². The first-order chi connectivity index (χ1) is 7.18. The van der Waals surface area contributed by atoms with Crippen molar-refractivity contribution in [3.05, 3.63) is 0 Å². The smallest absolute Gasteiger partial charge is 0.332 e.